The first-order valence-corrected chi connectivity index (χ1v) is 5.85. The Morgan fingerprint density at radius 1 is 1.36 bits per heavy atom. The van der Waals surface area contributed by atoms with Crippen LogP contribution in [0.15, 0.2) is 0 Å². The molecule has 1 aliphatic heterocycles. The standard InChI is InChI=1S/C10H19ClO3/c1-2-3-4-5-6-12-10-13-8-9(7-11)14-10/h9-10H,2-8H2,1H3/t9-,10+/m0/s1. The van der Waals surface area contributed by atoms with Crippen molar-refractivity contribution in [2.75, 3.05) is 19.1 Å². The van der Waals surface area contributed by atoms with Crippen LogP contribution in [0.3, 0.4) is 0 Å². The molecule has 0 radical (unpaired) electrons. The molecule has 14 heavy (non-hydrogen) atoms. The first-order valence-electron chi connectivity index (χ1n) is 5.31. The van der Waals surface area contributed by atoms with Gasteiger partial charge in [-0.05, 0) is 6.42 Å². The van der Waals surface area contributed by atoms with E-state index in [0.29, 0.717) is 19.1 Å². The Bertz CT molecular complexity index is 143. The number of rotatable bonds is 7. The summed E-state index contributed by atoms with van der Waals surface area (Å²) in [5, 5.41) is 0. The van der Waals surface area contributed by atoms with Gasteiger partial charge in [-0.1, -0.05) is 26.2 Å². The molecule has 0 unspecified atom stereocenters. The zero-order valence-electron chi connectivity index (χ0n) is 8.71. The van der Waals surface area contributed by atoms with Gasteiger partial charge in [-0.15, -0.1) is 11.6 Å². The van der Waals surface area contributed by atoms with Gasteiger partial charge in [0.2, 0.25) is 0 Å². The molecule has 0 amide bonds. The largest absolute Gasteiger partial charge is 0.330 e. The average molecular weight is 223 g/mol. The molecule has 0 saturated carbocycles. The summed E-state index contributed by atoms with van der Waals surface area (Å²) >= 11 is 5.62. The van der Waals surface area contributed by atoms with Crippen LogP contribution in [0.1, 0.15) is 32.6 Å². The lowest BCUT2D eigenvalue weighted by atomic mass is 10.2. The second kappa shape index (κ2) is 7.46. The van der Waals surface area contributed by atoms with E-state index in [9.17, 15) is 0 Å². The van der Waals surface area contributed by atoms with E-state index in [0.717, 1.165) is 6.42 Å². The van der Waals surface area contributed by atoms with Gasteiger partial charge in [0.05, 0.1) is 19.1 Å². The molecule has 1 heterocycles. The molecule has 3 nitrogen and oxygen atoms in total. The maximum Gasteiger partial charge on any atom is 0.272 e. The Morgan fingerprint density at radius 3 is 2.86 bits per heavy atom. The molecule has 0 aromatic rings. The molecule has 0 N–H and O–H groups in total. The maximum atomic E-state index is 5.62. The van der Waals surface area contributed by atoms with Crippen LogP contribution in [-0.4, -0.2) is 31.7 Å². The minimum Gasteiger partial charge on any atom is -0.330 e. The fourth-order valence-electron chi connectivity index (χ4n) is 1.30. The summed E-state index contributed by atoms with van der Waals surface area (Å²) in [6.07, 6.45) is 4.78. The third-order valence-corrected chi connectivity index (χ3v) is 2.49. The van der Waals surface area contributed by atoms with Gasteiger partial charge in [0, 0.05) is 0 Å². The lowest BCUT2D eigenvalue weighted by Gasteiger charge is -2.10. The number of hydrogen-bond acceptors (Lipinski definition) is 3. The fourth-order valence-corrected chi connectivity index (χ4v) is 1.46. The highest BCUT2D eigenvalue weighted by Crippen LogP contribution is 2.14. The summed E-state index contributed by atoms with van der Waals surface area (Å²) in [6, 6.07) is 0. The molecule has 0 aromatic heterocycles. The minimum absolute atomic E-state index is 0.00249. The van der Waals surface area contributed by atoms with Crippen molar-refractivity contribution in [3.8, 4) is 0 Å². The van der Waals surface area contributed by atoms with E-state index in [4.69, 9.17) is 25.8 Å². The predicted octanol–water partition coefficient (Wildman–Crippen LogP) is 2.52. The Kier molecular flexibility index (Phi) is 6.52. The molecule has 0 aliphatic carbocycles. The zero-order valence-corrected chi connectivity index (χ0v) is 9.46. The van der Waals surface area contributed by atoms with Gasteiger partial charge in [-0.25, -0.2) is 0 Å². The van der Waals surface area contributed by atoms with Gasteiger partial charge in [-0.2, -0.15) is 0 Å². The zero-order chi connectivity index (χ0) is 10.2. The number of halogens is 1. The lowest BCUT2D eigenvalue weighted by molar-refractivity contribution is -0.236. The predicted molar refractivity (Wildman–Crippen MR) is 55.4 cm³/mol. The van der Waals surface area contributed by atoms with Gasteiger partial charge >= 0.3 is 0 Å². The lowest BCUT2D eigenvalue weighted by Crippen LogP contribution is -2.16. The number of ether oxygens (including phenoxy) is 3. The van der Waals surface area contributed by atoms with Crippen LogP contribution >= 0.6 is 11.6 Å². The van der Waals surface area contributed by atoms with Crippen molar-refractivity contribution in [1.29, 1.82) is 0 Å². The van der Waals surface area contributed by atoms with Crippen molar-refractivity contribution in [2.45, 2.75) is 45.2 Å². The third kappa shape index (κ3) is 4.60. The first kappa shape index (κ1) is 12.2. The summed E-state index contributed by atoms with van der Waals surface area (Å²) in [4.78, 5) is 0. The summed E-state index contributed by atoms with van der Waals surface area (Å²) in [7, 11) is 0. The summed E-state index contributed by atoms with van der Waals surface area (Å²) in [5.74, 6) is 0.468. The topological polar surface area (TPSA) is 27.7 Å². The molecule has 1 rings (SSSR count). The molecule has 1 aliphatic rings. The van der Waals surface area contributed by atoms with E-state index in [1.54, 1.807) is 0 Å². The van der Waals surface area contributed by atoms with Crippen molar-refractivity contribution in [3.63, 3.8) is 0 Å². The van der Waals surface area contributed by atoms with Gasteiger partial charge < -0.3 is 14.2 Å². The summed E-state index contributed by atoms with van der Waals surface area (Å²) in [5.41, 5.74) is 0. The van der Waals surface area contributed by atoms with Gasteiger partial charge in [0.15, 0.2) is 0 Å². The molecule has 0 bridgehead atoms. The number of alkyl halides is 1. The Hall–Kier alpha value is 0.170. The maximum absolute atomic E-state index is 5.62. The van der Waals surface area contributed by atoms with E-state index in [1.165, 1.54) is 19.3 Å². The van der Waals surface area contributed by atoms with Crippen LogP contribution in [0.2, 0.25) is 0 Å². The van der Waals surface area contributed by atoms with Crippen molar-refractivity contribution in [1.82, 2.24) is 0 Å². The smallest absolute Gasteiger partial charge is 0.272 e. The van der Waals surface area contributed by atoms with Crippen LogP contribution in [0.5, 0.6) is 0 Å². The van der Waals surface area contributed by atoms with Crippen LogP contribution in [0.4, 0.5) is 0 Å². The molecule has 1 saturated heterocycles. The molecule has 1 fully saturated rings. The second-order valence-electron chi connectivity index (χ2n) is 3.47. The highest BCUT2D eigenvalue weighted by atomic mass is 35.5. The van der Waals surface area contributed by atoms with Crippen molar-refractivity contribution >= 4 is 11.6 Å². The number of hydrogen-bond donors (Lipinski definition) is 0. The van der Waals surface area contributed by atoms with E-state index in [1.807, 2.05) is 0 Å². The molecule has 0 aromatic carbocycles. The Morgan fingerprint density at radius 2 is 2.21 bits per heavy atom. The highest BCUT2D eigenvalue weighted by Gasteiger charge is 2.25. The first-order chi connectivity index (χ1) is 6.86. The van der Waals surface area contributed by atoms with E-state index < -0.39 is 6.48 Å². The van der Waals surface area contributed by atoms with Crippen molar-refractivity contribution in [2.24, 2.45) is 0 Å². The van der Waals surface area contributed by atoms with Gasteiger partial charge in [0.1, 0.15) is 6.10 Å². The average Bonchev–Trinajstić information content (AvgIpc) is 2.65. The Balaban J connectivity index is 1.92. The molecule has 4 heteroatoms. The Labute approximate surface area is 90.7 Å². The summed E-state index contributed by atoms with van der Waals surface area (Å²) in [6.45, 7) is 2.96. The van der Waals surface area contributed by atoms with Crippen LogP contribution < -0.4 is 0 Å². The molecule has 0 spiro atoms. The van der Waals surface area contributed by atoms with Crippen LogP contribution in [0, 0.1) is 0 Å². The molecular formula is C10H19ClO3. The van der Waals surface area contributed by atoms with Crippen molar-refractivity contribution < 1.29 is 14.2 Å². The highest BCUT2D eigenvalue weighted by molar-refractivity contribution is 6.18. The van der Waals surface area contributed by atoms with E-state index in [2.05, 4.69) is 6.92 Å². The second-order valence-corrected chi connectivity index (χ2v) is 3.77. The molecular weight excluding hydrogens is 204 g/mol. The summed E-state index contributed by atoms with van der Waals surface area (Å²) < 4.78 is 16.0. The SMILES string of the molecule is CCCCCCO[C@@H]1OC[C@H](CCl)O1. The normalized spacial score (nSPS) is 27.0. The fraction of sp³-hybridized carbons (Fsp3) is 1.00. The molecule has 2 atom stereocenters. The third-order valence-electron chi connectivity index (χ3n) is 2.15. The van der Waals surface area contributed by atoms with Crippen LogP contribution in [-0.2, 0) is 14.2 Å². The van der Waals surface area contributed by atoms with Crippen LogP contribution in [0.25, 0.3) is 0 Å². The van der Waals surface area contributed by atoms with Crippen molar-refractivity contribution in [3.05, 3.63) is 0 Å². The van der Waals surface area contributed by atoms with E-state index >= 15 is 0 Å². The molecule has 84 valence electrons. The quantitative estimate of drug-likeness (QED) is 0.490. The van der Waals surface area contributed by atoms with E-state index in [-0.39, 0.29) is 6.10 Å². The monoisotopic (exact) mass is 222 g/mol. The van der Waals surface area contributed by atoms with Gasteiger partial charge in [-0.3, -0.25) is 0 Å². The number of unbranched alkanes of at least 4 members (excludes halogenated alkanes) is 3. The van der Waals surface area contributed by atoms with Gasteiger partial charge in [0.25, 0.3) is 6.48 Å². The minimum atomic E-state index is -0.486.